The zero-order valence-electron chi connectivity index (χ0n) is 10.2. The Balaban J connectivity index is 3.05. The van der Waals surface area contributed by atoms with Crippen LogP contribution < -0.4 is 0 Å². The Morgan fingerprint density at radius 1 is 1.05 bits per heavy atom. The molecule has 1 saturated carbocycles. The summed E-state index contributed by atoms with van der Waals surface area (Å²) in [6.45, 7) is 0.677. The highest BCUT2D eigenvalue weighted by Gasteiger charge is 2.75. The zero-order valence-corrected chi connectivity index (χ0v) is 10.2. The van der Waals surface area contributed by atoms with Crippen LogP contribution >= 0.6 is 0 Å². The van der Waals surface area contributed by atoms with Crippen LogP contribution in [0.1, 0.15) is 39.0 Å². The van der Waals surface area contributed by atoms with Gasteiger partial charge < -0.3 is 4.74 Å². The number of carbonyl (C=O) groups is 1. The largest absolute Gasteiger partial charge is 0.461 e. The Bertz CT molecular complexity index is 313. The SMILES string of the molecule is CCC(C(=O)OC1CCCC1)(C(F)(F)F)C(F)(F)F. The molecule has 0 heterocycles. The van der Waals surface area contributed by atoms with Crippen molar-refractivity contribution < 1.29 is 35.9 Å². The van der Waals surface area contributed by atoms with E-state index in [1.807, 2.05) is 0 Å². The number of hydrogen-bond acceptors (Lipinski definition) is 2. The van der Waals surface area contributed by atoms with E-state index in [0.29, 0.717) is 32.6 Å². The van der Waals surface area contributed by atoms with Crippen molar-refractivity contribution in [2.24, 2.45) is 5.41 Å². The molecule has 0 saturated heterocycles. The fraction of sp³-hybridized carbons (Fsp3) is 0.909. The summed E-state index contributed by atoms with van der Waals surface area (Å²) in [5.74, 6) is -2.23. The van der Waals surface area contributed by atoms with Crippen LogP contribution in [0.4, 0.5) is 26.3 Å². The Hall–Kier alpha value is -0.950. The Labute approximate surface area is 106 Å². The van der Waals surface area contributed by atoms with Crippen molar-refractivity contribution >= 4 is 5.97 Å². The number of esters is 1. The van der Waals surface area contributed by atoms with Gasteiger partial charge in [-0.15, -0.1) is 0 Å². The fourth-order valence-corrected chi connectivity index (χ4v) is 2.20. The van der Waals surface area contributed by atoms with Crippen LogP contribution in [0.15, 0.2) is 0 Å². The molecule has 2 nitrogen and oxygen atoms in total. The predicted molar refractivity (Wildman–Crippen MR) is 53.2 cm³/mol. The van der Waals surface area contributed by atoms with Crippen molar-refractivity contribution in [3.63, 3.8) is 0 Å². The molecule has 0 unspecified atom stereocenters. The van der Waals surface area contributed by atoms with Crippen LogP contribution in [-0.4, -0.2) is 24.4 Å². The summed E-state index contributed by atoms with van der Waals surface area (Å²) in [4.78, 5) is 11.5. The molecule has 1 aliphatic rings. The van der Waals surface area contributed by atoms with Crippen molar-refractivity contribution in [1.29, 1.82) is 0 Å². The van der Waals surface area contributed by atoms with E-state index in [0.717, 1.165) is 0 Å². The highest BCUT2D eigenvalue weighted by molar-refractivity contribution is 5.79. The lowest BCUT2D eigenvalue weighted by Gasteiger charge is -2.34. The van der Waals surface area contributed by atoms with E-state index < -0.39 is 36.3 Å². The molecule has 0 aromatic carbocycles. The van der Waals surface area contributed by atoms with Gasteiger partial charge in [-0.1, -0.05) is 6.92 Å². The first-order valence-corrected chi connectivity index (χ1v) is 5.91. The molecular weight excluding hydrogens is 278 g/mol. The number of carbonyl (C=O) groups excluding carboxylic acids is 1. The molecular formula is C11H14F6O2. The average molecular weight is 292 g/mol. The van der Waals surface area contributed by atoms with Gasteiger partial charge in [0.1, 0.15) is 6.10 Å². The van der Waals surface area contributed by atoms with E-state index in [-0.39, 0.29) is 0 Å². The Morgan fingerprint density at radius 3 is 1.79 bits per heavy atom. The summed E-state index contributed by atoms with van der Waals surface area (Å²) in [6, 6.07) is 0. The summed E-state index contributed by atoms with van der Waals surface area (Å²) in [5.41, 5.74) is -4.43. The van der Waals surface area contributed by atoms with E-state index >= 15 is 0 Å². The van der Waals surface area contributed by atoms with Crippen LogP contribution in [0.2, 0.25) is 0 Å². The summed E-state index contributed by atoms with van der Waals surface area (Å²) in [6.07, 6.45) is -11.8. The predicted octanol–water partition coefficient (Wildman–Crippen LogP) is 3.99. The summed E-state index contributed by atoms with van der Waals surface area (Å²) >= 11 is 0. The minimum atomic E-state index is -5.73. The van der Waals surface area contributed by atoms with Gasteiger partial charge in [-0.2, -0.15) is 26.3 Å². The molecule has 0 amide bonds. The second kappa shape index (κ2) is 5.20. The Morgan fingerprint density at radius 2 is 1.47 bits per heavy atom. The van der Waals surface area contributed by atoms with Gasteiger partial charge in [0.15, 0.2) is 0 Å². The summed E-state index contributed by atoms with van der Waals surface area (Å²) in [5, 5.41) is 0. The first-order chi connectivity index (χ1) is 8.56. The van der Waals surface area contributed by atoms with Gasteiger partial charge in [-0.25, -0.2) is 0 Å². The maximum atomic E-state index is 12.8. The molecule has 1 fully saturated rings. The van der Waals surface area contributed by atoms with Crippen LogP contribution in [0.5, 0.6) is 0 Å². The second-order valence-corrected chi connectivity index (χ2v) is 4.57. The Kier molecular flexibility index (Phi) is 4.41. The van der Waals surface area contributed by atoms with Crippen LogP contribution in [0, 0.1) is 5.41 Å². The lowest BCUT2D eigenvalue weighted by molar-refractivity contribution is -0.334. The maximum absolute atomic E-state index is 12.8. The van der Waals surface area contributed by atoms with Gasteiger partial charge in [0, 0.05) is 0 Å². The van der Waals surface area contributed by atoms with Crippen molar-refractivity contribution in [3.8, 4) is 0 Å². The molecule has 1 rings (SSSR count). The molecule has 0 aromatic heterocycles. The molecule has 0 N–H and O–H groups in total. The first kappa shape index (κ1) is 16.1. The minimum Gasteiger partial charge on any atom is -0.461 e. The molecule has 112 valence electrons. The quantitative estimate of drug-likeness (QED) is 0.580. The molecule has 0 bridgehead atoms. The lowest BCUT2D eigenvalue weighted by atomic mass is 9.83. The van der Waals surface area contributed by atoms with Gasteiger partial charge in [0.25, 0.3) is 5.41 Å². The zero-order chi connectivity index (χ0) is 14.9. The fourth-order valence-electron chi connectivity index (χ4n) is 2.20. The molecule has 0 aliphatic heterocycles. The third kappa shape index (κ3) is 2.81. The minimum absolute atomic E-state index is 0.307. The number of halogens is 6. The maximum Gasteiger partial charge on any atom is 0.413 e. The van der Waals surface area contributed by atoms with Crippen LogP contribution in [-0.2, 0) is 9.53 Å². The number of rotatable bonds is 3. The standard InChI is InChI=1S/C11H14F6O2/c1-2-9(10(12,13)14,11(15,16)17)8(18)19-7-5-3-4-6-7/h7H,2-6H2,1H3. The van der Waals surface area contributed by atoms with Gasteiger partial charge in [-0.3, -0.25) is 4.79 Å². The second-order valence-electron chi connectivity index (χ2n) is 4.57. The topological polar surface area (TPSA) is 26.3 Å². The number of hydrogen-bond donors (Lipinski definition) is 0. The van der Waals surface area contributed by atoms with E-state index in [1.54, 1.807) is 0 Å². The lowest BCUT2D eigenvalue weighted by Crippen LogP contribution is -2.56. The highest BCUT2D eigenvalue weighted by atomic mass is 19.4. The van der Waals surface area contributed by atoms with E-state index in [4.69, 9.17) is 0 Å². The molecule has 0 atom stereocenters. The van der Waals surface area contributed by atoms with Crippen LogP contribution in [0.3, 0.4) is 0 Å². The average Bonchev–Trinajstić information content (AvgIpc) is 2.67. The van der Waals surface area contributed by atoms with Gasteiger partial charge in [0.2, 0.25) is 0 Å². The van der Waals surface area contributed by atoms with Gasteiger partial charge in [-0.05, 0) is 32.1 Å². The van der Waals surface area contributed by atoms with Gasteiger partial charge in [0.05, 0.1) is 0 Å². The molecule has 0 radical (unpaired) electrons. The molecule has 8 heteroatoms. The van der Waals surface area contributed by atoms with Gasteiger partial charge >= 0.3 is 18.3 Å². The van der Waals surface area contributed by atoms with E-state index in [9.17, 15) is 31.1 Å². The monoisotopic (exact) mass is 292 g/mol. The van der Waals surface area contributed by atoms with Crippen LogP contribution in [0.25, 0.3) is 0 Å². The third-order valence-electron chi connectivity index (χ3n) is 3.42. The van der Waals surface area contributed by atoms with Crippen molar-refractivity contribution in [2.45, 2.75) is 57.5 Å². The molecule has 0 spiro atoms. The number of alkyl halides is 6. The van der Waals surface area contributed by atoms with E-state index in [2.05, 4.69) is 4.74 Å². The summed E-state index contributed by atoms with van der Waals surface area (Å²) < 4.78 is 81.1. The number of ether oxygens (including phenoxy) is 1. The smallest absolute Gasteiger partial charge is 0.413 e. The van der Waals surface area contributed by atoms with Crippen molar-refractivity contribution in [3.05, 3.63) is 0 Å². The molecule has 19 heavy (non-hydrogen) atoms. The van der Waals surface area contributed by atoms with Crippen molar-refractivity contribution in [1.82, 2.24) is 0 Å². The van der Waals surface area contributed by atoms with Crippen molar-refractivity contribution in [2.75, 3.05) is 0 Å². The highest BCUT2D eigenvalue weighted by Crippen LogP contribution is 2.53. The molecule has 1 aliphatic carbocycles. The summed E-state index contributed by atoms with van der Waals surface area (Å²) in [7, 11) is 0. The molecule has 0 aromatic rings. The van der Waals surface area contributed by atoms with E-state index in [1.165, 1.54) is 0 Å². The third-order valence-corrected chi connectivity index (χ3v) is 3.42. The normalized spacial score (nSPS) is 18.7. The first-order valence-electron chi connectivity index (χ1n) is 5.91.